The summed E-state index contributed by atoms with van der Waals surface area (Å²) in [6.07, 6.45) is 1.69. The van der Waals surface area contributed by atoms with Gasteiger partial charge in [-0.15, -0.1) is 0 Å². The summed E-state index contributed by atoms with van der Waals surface area (Å²) in [5, 5.41) is 8.88. The molecule has 2 aromatic carbocycles. The molecule has 0 radical (unpaired) electrons. The van der Waals surface area contributed by atoms with Gasteiger partial charge in [0.15, 0.2) is 0 Å². The standard InChI is InChI=1S/C19H20N2O2S/c1-14-10-15(2)12-17(11-14)19-4-3-9-21(19)24(22,23)18-7-5-16(13-20)6-8-18/h5-8,10-12,19H,3-4,9H2,1-2H3. The molecule has 0 spiro atoms. The molecular formula is C19H20N2O2S. The van der Waals surface area contributed by atoms with E-state index < -0.39 is 10.0 Å². The zero-order valence-electron chi connectivity index (χ0n) is 13.9. The minimum Gasteiger partial charge on any atom is -0.207 e. The van der Waals surface area contributed by atoms with Crippen LogP contribution in [0.15, 0.2) is 47.4 Å². The first-order chi connectivity index (χ1) is 11.4. The number of nitriles is 1. The van der Waals surface area contributed by atoms with Crippen molar-refractivity contribution in [3.05, 3.63) is 64.7 Å². The van der Waals surface area contributed by atoms with Gasteiger partial charge in [0.2, 0.25) is 10.0 Å². The first-order valence-corrected chi connectivity index (χ1v) is 9.46. The molecular weight excluding hydrogens is 320 g/mol. The Balaban J connectivity index is 1.98. The summed E-state index contributed by atoms with van der Waals surface area (Å²) < 4.78 is 27.7. The lowest BCUT2D eigenvalue weighted by Gasteiger charge is -2.25. The Morgan fingerprint density at radius 1 is 1.08 bits per heavy atom. The first kappa shape index (κ1) is 16.7. The van der Waals surface area contributed by atoms with Gasteiger partial charge in [-0.3, -0.25) is 0 Å². The van der Waals surface area contributed by atoms with Crippen LogP contribution in [-0.4, -0.2) is 19.3 Å². The van der Waals surface area contributed by atoms with E-state index in [2.05, 4.69) is 18.2 Å². The van der Waals surface area contributed by atoms with Gasteiger partial charge in [-0.2, -0.15) is 9.57 Å². The Bertz CT molecular complexity index is 876. The first-order valence-electron chi connectivity index (χ1n) is 8.02. The van der Waals surface area contributed by atoms with E-state index >= 15 is 0 Å². The van der Waals surface area contributed by atoms with Gasteiger partial charge in [0.1, 0.15) is 0 Å². The molecule has 0 aromatic heterocycles. The number of hydrogen-bond donors (Lipinski definition) is 0. The second kappa shape index (κ2) is 6.39. The fourth-order valence-corrected chi connectivity index (χ4v) is 5.08. The van der Waals surface area contributed by atoms with Gasteiger partial charge < -0.3 is 0 Å². The third-order valence-electron chi connectivity index (χ3n) is 4.42. The van der Waals surface area contributed by atoms with Crippen molar-refractivity contribution >= 4 is 10.0 Å². The van der Waals surface area contributed by atoms with Crippen LogP contribution in [0.2, 0.25) is 0 Å². The molecule has 0 aliphatic carbocycles. The monoisotopic (exact) mass is 340 g/mol. The van der Waals surface area contributed by atoms with E-state index in [0.717, 1.165) is 29.5 Å². The van der Waals surface area contributed by atoms with Crippen molar-refractivity contribution in [2.24, 2.45) is 0 Å². The normalized spacial score (nSPS) is 18.5. The third kappa shape index (κ3) is 3.08. The number of aryl methyl sites for hydroxylation is 2. The van der Waals surface area contributed by atoms with Crippen LogP contribution in [0.1, 0.15) is 41.1 Å². The highest BCUT2D eigenvalue weighted by Gasteiger charge is 2.36. The third-order valence-corrected chi connectivity index (χ3v) is 6.34. The Morgan fingerprint density at radius 3 is 2.29 bits per heavy atom. The van der Waals surface area contributed by atoms with Gasteiger partial charge in [-0.25, -0.2) is 8.42 Å². The zero-order valence-corrected chi connectivity index (χ0v) is 14.7. The molecule has 1 aliphatic heterocycles. The quantitative estimate of drug-likeness (QED) is 0.856. The van der Waals surface area contributed by atoms with Gasteiger partial charge in [-0.1, -0.05) is 29.3 Å². The van der Waals surface area contributed by atoms with Crippen LogP contribution in [0.3, 0.4) is 0 Å². The molecule has 3 rings (SSSR count). The van der Waals surface area contributed by atoms with Crippen molar-refractivity contribution in [1.29, 1.82) is 5.26 Å². The van der Waals surface area contributed by atoms with E-state index in [-0.39, 0.29) is 10.9 Å². The molecule has 0 amide bonds. The maximum Gasteiger partial charge on any atom is 0.243 e. The van der Waals surface area contributed by atoms with Crippen molar-refractivity contribution in [3.8, 4) is 6.07 Å². The van der Waals surface area contributed by atoms with E-state index in [4.69, 9.17) is 5.26 Å². The summed E-state index contributed by atoms with van der Waals surface area (Å²) in [5.41, 5.74) is 3.81. The number of benzene rings is 2. The Hall–Kier alpha value is -2.16. The Labute approximate surface area is 143 Å². The highest BCUT2D eigenvalue weighted by molar-refractivity contribution is 7.89. The number of rotatable bonds is 3. The van der Waals surface area contributed by atoms with Crippen molar-refractivity contribution in [3.63, 3.8) is 0 Å². The van der Waals surface area contributed by atoms with Crippen LogP contribution >= 0.6 is 0 Å². The van der Waals surface area contributed by atoms with Gasteiger partial charge in [0.05, 0.1) is 22.6 Å². The molecule has 0 bridgehead atoms. The molecule has 0 saturated carbocycles. The highest BCUT2D eigenvalue weighted by atomic mass is 32.2. The average Bonchev–Trinajstić information content (AvgIpc) is 3.04. The van der Waals surface area contributed by atoms with Gasteiger partial charge in [0.25, 0.3) is 0 Å². The lowest BCUT2D eigenvalue weighted by molar-refractivity contribution is 0.396. The summed E-state index contributed by atoms with van der Waals surface area (Å²) in [6, 6.07) is 14.3. The molecule has 4 nitrogen and oxygen atoms in total. The number of hydrogen-bond acceptors (Lipinski definition) is 3. The van der Waals surface area contributed by atoms with Crippen molar-refractivity contribution in [1.82, 2.24) is 4.31 Å². The summed E-state index contributed by atoms with van der Waals surface area (Å²) in [7, 11) is -3.56. The summed E-state index contributed by atoms with van der Waals surface area (Å²) in [4.78, 5) is 0.248. The topological polar surface area (TPSA) is 61.2 Å². The van der Waals surface area contributed by atoms with Crippen molar-refractivity contribution < 1.29 is 8.42 Å². The van der Waals surface area contributed by atoms with E-state index in [1.807, 2.05) is 19.9 Å². The Kier molecular flexibility index (Phi) is 4.44. The fraction of sp³-hybridized carbons (Fsp3) is 0.316. The smallest absolute Gasteiger partial charge is 0.207 e. The van der Waals surface area contributed by atoms with E-state index in [9.17, 15) is 8.42 Å². The SMILES string of the molecule is Cc1cc(C)cc(C2CCCN2S(=O)(=O)c2ccc(C#N)cc2)c1. The van der Waals surface area contributed by atoms with E-state index in [0.29, 0.717) is 12.1 Å². The summed E-state index contributed by atoms with van der Waals surface area (Å²) in [5.74, 6) is 0. The van der Waals surface area contributed by atoms with Crippen molar-refractivity contribution in [2.75, 3.05) is 6.54 Å². The number of nitrogens with zero attached hydrogens (tertiary/aromatic N) is 2. The van der Waals surface area contributed by atoms with Crippen LogP contribution < -0.4 is 0 Å². The van der Waals surface area contributed by atoms with Crippen LogP contribution in [0.4, 0.5) is 0 Å². The summed E-state index contributed by atoms with van der Waals surface area (Å²) >= 11 is 0. The molecule has 1 fully saturated rings. The maximum absolute atomic E-state index is 13.0. The minimum atomic E-state index is -3.56. The maximum atomic E-state index is 13.0. The van der Waals surface area contributed by atoms with Gasteiger partial charge in [-0.05, 0) is 56.5 Å². The van der Waals surface area contributed by atoms with Gasteiger partial charge >= 0.3 is 0 Å². The largest absolute Gasteiger partial charge is 0.243 e. The zero-order chi connectivity index (χ0) is 17.3. The molecule has 24 heavy (non-hydrogen) atoms. The molecule has 1 unspecified atom stereocenters. The molecule has 2 aromatic rings. The number of sulfonamides is 1. The molecule has 1 atom stereocenters. The lowest BCUT2D eigenvalue weighted by atomic mass is 10.0. The van der Waals surface area contributed by atoms with Gasteiger partial charge in [0, 0.05) is 6.54 Å². The molecule has 1 saturated heterocycles. The lowest BCUT2D eigenvalue weighted by Crippen LogP contribution is -2.30. The fourth-order valence-electron chi connectivity index (χ4n) is 3.40. The van der Waals surface area contributed by atoms with E-state index in [1.165, 1.54) is 12.1 Å². The molecule has 1 aliphatic rings. The molecule has 0 N–H and O–H groups in total. The Morgan fingerprint density at radius 2 is 1.71 bits per heavy atom. The van der Waals surface area contributed by atoms with Crippen LogP contribution in [-0.2, 0) is 10.0 Å². The van der Waals surface area contributed by atoms with Crippen LogP contribution in [0.5, 0.6) is 0 Å². The molecule has 1 heterocycles. The average molecular weight is 340 g/mol. The minimum absolute atomic E-state index is 0.121. The predicted octanol–water partition coefficient (Wildman–Crippen LogP) is 3.70. The van der Waals surface area contributed by atoms with Crippen LogP contribution in [0, 0.1) is 25.2 Å². The van der Waals surface area contributed by atoms with Crippen molar-refractivity contribution in [2.45, 2.75) is 37.6 Å². The van der Waals surface area contributed by atoms with E-state index in [1.54, 1.807) is 16.4 Å². The van der Waals surface area contributed by atoms with Crippen LogP contribution in [0.25, 0.3) is 0 Å². The predicted molar refractivity (Wildman–Crippen MR) is 92.9 cm³/mol. The molecule has 124 valence electrons. The second-order valence-corrected chi connectivity index (χ2v) is 8.22. The molecule has 5 heteroatoms. The summed E-state index contributed by atoms with van der Waals surface area (Å²) in [6.45, 7) is 4.59. The second-order valence-electron chi connectivity index (χ2n) is 6.33. The highest BCUT2D eigenvalue weighted by Crippen LogP contribution is 2.37.